The number of fused-ring (bicyclic) bond motifs is 2. The fourth-order valence-corrected chi connectivity index (χ4v) is 6.10. The summed E-state index contributed by atoms with van der Waals surface area (Å²) in [5, 5.41) is 0.708. The number of nitrogen functional groups attached to an aromatic ring is 1. The molecule has 2 fully saturated rings. The van der Waals surface area contributed by atoms with Crippen molar-refractivity contribution in [2.45, 2.75) is 44.3 Å². The molecule has 2 saturated heterocycles. The molecule has 188 valence electrons. The van der Waals surface area contributed by atoms with Crippen LogP contribution in [0.4, 0.5) is 16.2 Å². The number of carbonyl (C=O) groups is 1. The molecular formula is C18H25ClFN6O6PS. The number of alkyl halides is 2. The van der Waals surface area contributed by atoms with E-state index in [1.165, 1.54) is 10.9 Å². The molecule has 2 aliphatic rings. The first-order chi connectivity index (χ1) is 15.8. The van der Waals surface area contributed by atoms with Gasteiger partial charge in [0.15, 0.2) is 22.1 Å². The molecule has 16 heteroatoms. The van der Waals surface area contributed by atoms with Gasteiger partial charge in [0, 0.05) is 18.2 Å². The maximum absolute atomic E-state index is 15.9. The highest BCUT2D eigenvalue weighted by atomic mass is 35.5. The van der Waals surface area contributed by atoms with E-state index in [1.807, 2.05) is 0 Å². The van der Waals surface area contributed by atoms with Crippen molar-refractivity contribution in [1.29, 1.82) is 0 Å². The lowest BCUT2D eigenvalue weighted by atomic mass is 10.00. The summed E-state index contributed by atoms with van der Waals surface area (Å²) in [5.41, 5.74) is 5.90. The Morgan fingerprint density at radius 3 is 2.91 bits per heavy atom. The van der Waals surface area contributed by atoms with Gasteiger partial charge in [-0.05, 0) is 0 Å². The zero-order valence-electron chi connectivity index (χ0n) is 18.9. The number of hydrogen-bond acceptors (Lipinski definition) is 12. The summed E-state index contributed by atoms with van der Waals surface area (Å²) < 4.78 is 51.5. The van der Waals surface area contributed by atoms with Gasteiger partial charge in [-0.2, -0.15) is 9.97 Å². The largest absolute Gasteiger partial charge is 0.477 e. The number of carbonyl (C=O) groups excluding carboxylic acids is 1. The highest BCUT2D eigenvalue weighted by Crippen LogP contribution is 2.65. The Kier molecular flexibility index (Phi) is 6.64. The van der Waals surface area contributed by atoms with E-state index in [0.29, 0.717) is 11.3 Å². The number of phosphoric ester groups is 1. The van der Waals surface area contributed by atoms with Crippen LogP contribution in [0.1, 0.15) is 33.4 Å². The van der Waals surface area contributed by atoms with Gasteiger partial charge in [-0.25, -0.2) is 18.5 Å². The van der Waals surface area contributed by atoms with Gasteiger partial charge < -0.3 is 15.8 Å². The Labute approximate surface area is 204 Å². The lowest BCUT2D eigenvalue weighted by molar-refractivity contribution is -0.194. The zero-order chi connectivity index (χ0) is 24.9. The van der Waals surface area contributed by atoms with Crippen molar-refractivity contribution >= 4 is 59.2 Å². The molecule has 0 aliphatic carbocycles. The minimum atomic E-state index is -4.31. The lowest BCUT2D eigenvalue weighted by Crippen LogP contribution is -2.51. The van der Waals surface area contributed by atoms with Gasteiger partial charge in [0.05, 0.1) is 19.4 Å². The lowest BCUT2D eigenvalue weighted by Gasteiger charge is -2.39. The first kappa shape index (κ1) is 25.5. The van der Waals surface area contributed by atoms with Crippen molar-refractivity contribution in [1.82, 2.24) is 19.5 Å². The highest BCUT2D eigenvalue weighted by molar-refractivity contribution is 8.13. The van der Waals surface area contributed by atoms with Gasteiger partial charge >= 0.3 is 7.82 Å². The maximum Gasteiger partial charge on any atom is 0.477 e. The molecule has 4 heterocycles. The van der Waals surface area contributed by atoms with Crippen LogP contribution < -0.4 is 11.1 Å². The molecule has 4 atom stereocenters. The quantitative estimate of drug-likeness (QED) is 0.314. The predicted molar refractivity (Wildman–Crippen MR) is 124 cm³/mol. The van der Waals surface area contributed by atoms with Gasteiger partial charge in [0.2, 0.25) is 11.0 Å². The third-order valence-electron chi connectivity index (χ3n) is 5.15. The Hall–Kier alpha value is -1.54. The third kappa shape index (κ3) is 4.64. The number of nitrogens with two attached hydrogens (primary N) is 1. The molecule has 4 rings (SSSR count). The van der Waals surface area contributed by atoms with Crippen LogP contribution in [-0.4, -0.2) is 61.6 Å². The number of hydrogen-bond donors (Lipinski definition) is 2. The molecule has 1 unspecified atom stereocenters. The van der Waals surface area contributed by atoms with E-state index in [-0.39, 0.29) is 29.1 Å². The average molecular weight is 539 g/mol. The molecule has 0 amide bonds. The van der Waals surface area contributed by atoms with Crippen LogP contribution in [0.25, 0.3) is 11.2 Å². The molecule has 0 bridgehead atoms. The number of rotatable bonds is 6. The van der Waals surface area contributed by atoms with Crippen molar-refractivity contribution in [2.75, 3.05) is 37.1 Å². The Balaban J connectivity index is 1.48. The summed E-state index contributed by atoms with van der Waals surface area (Å²) in [4.78, 5) is 24.5. The SMILES string of the molecule is CNc1nc(N)nc2c1ncn2[C@H]1C[C@]2(F)OP(=O)(OCCSC(=O)C(C)(C)C)OC[C@@]2(Cl)O1. The molecular weight excluding hydrogens is 514 g/mol. The number of thioether (sulfide) groups is 1. The van der Waals surface area contributed by atoms with E-state index >= 15 is 4.39 Å². The zero-order valence-corrected chi connectivity index (χ0v) is 21.4. The molecule has 0 aromatic carbocycles. The first-order valence-corrected chi connectivity index (χ1v) is 13.1. The highest BCUT2D eigenvalue weighted by Gasteiger charge is 2.69. The smallest absolute Gasteiger partial charge is 0.371 e. The number of phosphoric acid groups is 1. The first-order valence-electron chi connectivity index (χ1n) is 10.3. The van der Waals surface area contributed by atoms with Crippen molar-refractivity contribution in [3.63, 3.8) is 0 Å². The van der Waals surface area contributed by atoms with Crippen LogP contribution >= 0.6 is 31.2 Å². The fraction of sp³-hybridized carbons (Fsp3) is 0.667. The van der Waals surface area contributed by atoms with Crippen LogP contribution in [0.5, 0.6) is 0 Å². The molecule has 0 radical (unpaired) electrons. The summed E-state index contributed by atoms with van der Waals surface area (Å²) >= 11 is 7.38. The van der Waals surface area contributed by atoms with Crippen molar-refractivity contribution in [3.05, 3.63) is 6.33 Å². The van der Waals surface area contributed by atoms with Crippen LogP contribution in [0.2, 0.25) is 0 Å². The molecule has 0 saturated carbocycles. The summed E-state index contributed by atoms with van der Waals surface area (Å²) in [7, 11) is -2.66. The van der Waals surface area contributed by atoms with Gasteiger partial charge in [-0.15, -0.1) is 0 Å². The van der Waals surface area contributed by atoms with Crippen LogP contribution in [-0.2, 0) is 27.7 Å². The van der Waals surface area contributed by atoms with Crippen LogP contribution in [0, 0.1) is 5.41 Å². The van der Waals surface area contributed by atoms with E-state index in [9.17, 15) is 9.36 Å². The maximum atomic E-state index is 15.9. The second-order valence-corrected chi connectivity index (χ2v) is 12.0. The Morgan fingerprint density at radius 1 is 1.50 bits per heavy atom. The number of nitrogens with zero attached hydrogens (tertiary/aromatic N) is 4. The number of ether oxygens (including phenoxy) is 1. The summed E-state index contributed by atoms with van der Waals surface area (Å²) in [6, 6.07) is 0. The van der Waals surface area contributed by atoms with Gasteiger partial charge in [0.1, 0.15) is 12.8 Å². The number of halogens is 2. The number of nitrogens with one attached hydrogen (secondary N) is 1. The average Bonchev–Trinajstić information content (AvgIpc) is 3.27. The standard InChI is InChI=1S/C18H25ClFN6O6PS/c1-16(2,3)14(27)34-6-5-29-33(28)30-8-17(19)18(20,32-33)7-10(31-17)26-9-23-11-12(22-4)24-15(21)25-13(11)26/h9-10H,5-8H2,1-4H3,(H3,21,22,24,25)/t10-,17-,18+,33?/m1/s1. The molecule has 0 spiro atoms. The number of imidazole rings is 1. The van der Waals surface area contributed by atoms with Crippen molar-refractivity contribution < 1.29 is 32.1 Å². The van der Waals surface area contributed by atoms with Crippen molar-refractivity contribution in [3.8, 4) is 0 Å². The molecule has 3 N–H and O–H groups in total. The van der Waals surface area contributed by atoms with E-state index in [2.05, 4.69) is 20.3 Å². The van der Waals surface area contributed by atoms with E-state index in [4.69, 9.17) is 35.6 Å². The molecule has 2 aromatic rings. The normalized spacial score (nSPS) is 31.5. The van der Waals surface area contributed by atoms with E-state index in [0.717, 1.165) is 11.8 Å². The Bertz CT molecular complexity index is 1170. The second-order valence-electron chi connectivity index (χ2n) is 8.77. The molecule has 2 aromatic heterocycles. The fourth-order valence-electron chi connectivity index (χ4n) is 3.37. The van der Waals surface area contributed by atoms with Gasteiger partial charge in [0.25, 0.3) is 5.85 Å². The molecule has 2 aliphatic heterocycles. The Morgan fingerprint density at radius 2 is 2.24 bits per heavy atom. The van der Waals surface area contributed by atoms with Crippen LogP contribution in [0.15, 0.2) is 6.33 Å². The van der Waals surface area contributed by atoms with Crippen LogP contribution in [0.3, 0.4) is 0 Å². The van der Waals surface area contributed by atoms with E-state index < -0.39 is 43.4 Å². The second kappa shape index (κ2) is 8.84. The summed E-state index contributed by atoms with van der Waals surface area (Å²) in [6.07, 6.45) is -0.0954. The number of anilines is 2. The van der Waals surface area contributed by atoms with Gasteiger partial charge in [-0.3, -0.25) is 18.4 Å². The minimum Gasteiger partial charge on any atom is -0.371 e. The number of aromatic nitrogens is 4. The minimum absolute atomic E-state index is 0.0233. The molecule has 12 nitrogen and oxygen atoms in total. The van der Waals surface area contributed by atoms with Gasteiger partial charge in [-0.1, -0.05) is 44.1 Å². The van der Waals surface area contributed by atoms with Crippen molar-refractivity contribution in [2.24, 2.45) is 5.41 Å². The predicted octanol–water partition coefficient (Wildman–Crippen LogP) is 3.45. The third-order valence-corrected chi connectivity index (χ3v) is 8.33. The topological polar surface area (TPSA) is 153 Å². The molecule has 34 heavy (non-hydrogen) atoms. The monoisotopic (exact) mass is 538 g/mol. The van der Waals surface area contributed by atoms with E-state index in [1.54, 1.807) is 27.8 Å². The summed E-state index contributed by atoms with van der Waals surface area (Å²) in [5.74, 6) is -2.16. The summed E-state index contributed by atoms with van der Waals surface area (Å²) in [6.45, 7) is 4.59.